The number of hydrogen-bond donors (Lipinski definition) is 0. The van der Waals surface area contributed by atoms with Crippen molar-refractivity contribution in [2.45, 2.75) is 0 Å². The molecule has 0 spiro atoms. The van der Waals surface area contributed by atoms with Gasteiger partial charge in [0, 0.05) is 24.2 Å². The van der Waals surface area contributed by atoms with Gasteiger partial charge in [-0.05, 0) is 11.6 Å². The van der Waals surface area contributed by atoms with Crippen LogP contribution in [-0.2, 0) is 14.8 Å². The van der Waals surface area contributed by atoms with Gasteiger partial charge in [0.2, 0.25) is 10.0 Å². The summed E-state index contributed by atoms with van der Waals surface area (Å²) in [5.41, 5.74) is 0.404. The van der Waals surface area contributed by atoms with Gasteiger partial charge in [0.05, 0.1) is 12.9 Å². The molecule has 0 N–H and O–H groups in total. The van der Waals surface area contributed by atoms with E-state index < -0.39 is 33.1 Å². The van der Waals surface area contributed by atoms with Gasteiger partial charge in [0.1, 0.15) is 11.3 Å². The standard InChI is InChI=1S/C20H17FN2O4S/c1-27-20(24)17-14-23(19(18(17)21)16-9-3-2-4-10-16)28(25,26)12-6-8-15-7-5-11-22-13-15/h2-11,13-14H,12H2,1H3. The van der Waals surface area contributed by atoms with Crippen molar-refractivity contribution in [3.63, 3.8) is 0 Å². The zero-order valence-electron chi connectivity index (χ0n) is 14.9. The smallest absolute Gasteiger partial charge is 0.342 e. The first kappa shape index (κ1) is 19.5. The fourth-order valence-corrected chi connectivity index (χ4v) is 3.87. The van der Waals surface area contributed by atoms with Crippen molar-refractivity contribution in [2.24, 2.45) is 0 Å². The van der Waals surface area contributed by atoms with E-state index in [-0.39, 0.29) is 5.69 Å². The largest absolute Gasteiger partial charge is 0.465 e. The minimum atomic E-state index is -3.99. The monoisotopic (exact) mass is 400 g/mol. The lowest BCUT2D eigenvalue weighted by Gasteiger charge is -2.09. The highest BCUT2D eigenvalue weighted by Gasteiger charge is 2.27. The van der Waals surface area contributed by atoms with E-state index >= 15 is 0 Å². The van der Waals surface area contributed by atoms with Gasteiger partial charge in [-0.25, -0.2) is 21.6 Å². The lowest BCUT2D eigenvalue weighted by molar-refractivity contribution is 0.0596. The van der Waals surface area contributed by atoms with E-state index in [0.717, 1.165) is 22.8 Å². The molecule has 144 valence electrons. The fraction of sp³-hybridized carbons (Fsp3) is 0.100. The quantitative estimate of drug-likeness (QED) is 0.593. The molecular formula is C20H17FN2O4S. The average molecular weight is 400 g/mol. The summed E-state index contributed by atoms with van der Waals surface area (Å²) in [7, 11) is -2.89. The van der Waals surface area contributed by atoms with Crippen LogP contribution in [0.2, 0.25) is 0 Å². The Balaban J connectivity index is 2.04. The van der Waals surface area contributed by atoms with Crippen LogP contribution < -0.4 is 0 Å². The Morgan fingerprint density at radius 2 is 1.96 bits per heavy atom. The fourth-order valence-electron chi connectivity index (χ4n) is 2.65. The Bertz CT molecular complexity index is 1110. The highest BCUT2D eigenvalue weighted by molar-refractivity contribution is 7.90. The molecule has 3 rings (SSSR count). The third-order valence-corrected chi connectivity index (χ3v) is 5.47. The molecule has 0 saturated heterocycles. The number of esters is 1. The Labute approximate surface area is 162 Å². The van der Waals surface area contributed by atoms with E-state index in [9.17, 15) is 17.6 Å². The normalized spacial score (nSPS) is 11.6. The zero-order valence-corrected chi connectivity index (χ0v) is 15.8. The third-order valence-electron chi connectivity index (χ3n) is 3.96. The summed E-state index contributed by atoms with van der Waals surface area (Å²) >= 11 is 0. The molecule has 0 saturated carbocycles. The van der Waals surface area contributed by atoms with E-state index in [1.165, 1.54) is 6.08 Å². The van der Waals surface area contributed by atoms with E-state index in [2.05, 4.69) is 9.72 Å². The molecule has 6 nitrogen and oxygen atoms in total. The first-order valence-corrected chi connectivity index (χ1v) is 9.89. The molecule has 2 aromatic heterocycles. The van der Waals surface area contributed by atoms with Gasteiger partial charge in [-0.2, -0.15) is 0 Å². The van der Waals surface area contributed by atoms with E-state index in [4.69, 9.17) is 0 Å². The topological polar surface area (TPSA) is 78.3 Å². The van der Waals surface area contributed by atoms with Crippen LogP contribution in [0.25, 0.3) is 17.3 Å². The SMILES string of the molecule is COC(=O)c1cn(S(=O)(=O)CC=Cc2cccnc2)c(-c2ccccc2)c1F. The first-order valence-electron chi connectivity index (χ1n) is 8.28. The molecule has 28 heavy (non-hydrogen) atoms. The second kappa shape index (κ2) is 8.18. The maximum absolute atomic E-state index is 14.9. The lowest BCUT2D eigenvalue weighted by Crippen LogP contribution is -2.16. The molecule has 8 heteroatoms. The Kier molecular flexibility index (Phi) is 5.70. The van der Waals surface area contributed by atoms with Gasteiger partial charge in [0.25, 0.3) is 0 Å². The number of carbonyl (C=O) groups excluding carboxylic acids is 1. The Hall–Kier alpha value is -3.26. The van der Waals surface area contributed by atoms with Crippen LogP contribution in [0.3, 0.4) is 0 Å². The molecule has 0 radical (unpaired) electrons. The van der Waals surface area contributed by atoms with Crippen LogP contribution in [0.4, 0.5) is 4.39 Å². The molecule has 0 bridgehead atoms. The maximum Gasteiger partial charge on any atom is 0.342 e. The second-order valence-electron chi connectivity index (χ2n) is 5.83. The van der Waals surface area contributed by atoms with Gasteiger partial charge in [-0.15, -0.1) is 0 Å². The van der Waals surface area contributed by atoms with Crippen molar-refractivity contribution in [1.29, 1.82) is 0 Å². The molecule has 0 aliphatic heterocycles. The van der Waals surface area contributed by atoms with Crippen molar-refractivity contribution in [2.75, 3.05) is 12.9 Å². The van der Waals surface area contributed by atoms with Crippen LogP contribution >= 0.6 is 0 Å². The number of aromatic nitrogens is 2. The van der Waals surface area contributed by atoms with Crippen LogP contribution in [0.15, 0.2) is 67.1 Å². The van der Waals surface area contributed by atoms with Crippen molar-refractivity contribution < 1.29 is 22.3 Å². The number of hydrogen-bond acceptors (Lipinski definition) is 5. The highest BCUT2D eigenvalue weighted by Crippen LogP contribution is 2.29. The van der Waals surface area contributed by atoms with Crippen molar-refractivity contribution >= 4 is 22.1 Å². The maximum atomic E-state index is 14.9. The summed E-state index contributed by atoms with van der Waals surface area (Å²) in [5, 5.41) is 0. The minimum absolute atomic E-state index is 0.212. The van der Waals surface area contributed by atoms with Crippen LogP contribution in [0, 0.1) is 5.82 Å². The average Bonchev–Trinajstić information content (AvgIpc) is 3.07. The molecule has 0 amide bonds. The highest BCUT2D eigenvalue weighted by atomic mass is 32.2. The molecule has 2 heterocycles. The second-order valence-corrected chi connectivity index (χ2v) is 7.72. The summed E-state index contributed by atoms with van der Waals surface area (Å²) < 4.78 is 46.0. The number of methoxy groups -OCH3 is 1. The first-order chi connectivity index (χ1) is 13.4. The zero-order chi connectivity index (χ0) is 20.1. The summed E-state index contributed by atoms with van der Waals surface area (Å²) in [6.45, 7) is 0. The number of halogens is 1. The predicted octanol–water partition coefficient (Wildman–Crippen LogP) is 3.37. The molecule has 3 aromatic rings. The third kappa shape index (κ3) is 4.01. The molecule has 0 aliphatic rings. The number of pyridine rings is 1. The van der Waals surface area contributed by atoms with Gasteiger partial charge in [-0.1, -0.05) is 48.6 Å². The number of nitrogens with zero attached hydrogens (tertiary/aromatic N) is 2. The van der Waals surface area contributed by atoms with Crippen LogP contribution in [-0.4, -0.2) is 36.2 Å². The molecule has 1 aromatic carbocycles. The lowest BCUT2D eigenvalue weighted by atomic mass is 10.1. The molecule has 0 fully saturated rings. The summed E-state index contributed by atoms with van der Waals surface area (Å²) in [6, 6.07) is 11.7. The van der Waals surface area contributed by atoms with Crippen LogP contribution in [0.1, 0.15) is 15.9 Å². The Morgan fingerprint density at radius 1 is 1.21 bits per heavy atom. The van der Waals surface area contributed by atoms with Crippen molar-refractivity contribution in [3.8, 4) is 11.3 Å². The van der Waals surface area contributed by atoms with E-state index in [1.807, 2.05) is 0 Å². The van der Waals surface area contributed by atoms with Gasteiger partial charge in [0.15, 0.2) is 5.82 Å². The van der Waals surface area contributed by atoms with E-state index in [0.29, 0.717) is 5.56 Å². The molecule has 0 aliphatic carbocycles. The van der Waals surface area contributed by atoms with Gasteiger partial charge in [-0.3, -0.25) is 4.98 Å². The van der Waals surface area contributed by atoms with Crippen molar-refractivity contribution in [3.05, 3.63) is 84.1 Å². The van der Waals surface area contributed by atoms with E-state index in [1.54, 1.807) is 60.9 Å². The Morgan fingerprint density at radius 3 is 2.61 bits per heavy atom. The number of benzene rings is 1. The molecule has 0 atom stereocenters. The number of carbonyl (C=O) groups is 1. The van der Waals surface area contributed by atoms with Crippen LogP contribution in [0.5, 0.6) is 0 Å². The van der Waals surface area contributed by atoms with Gasteiger partial charge < -0.3 is 4.74 Å². The number of ether oxygens (including phenoxy) is 1. The number of rotatable bonds is 6. The molecule has 0 unspecified atom stereocenters. The minimum Gasteiger partial charge on any atom is -0.465 e. The summed E-state index contributed by atoms with van der Waals surface area (Å²) in [6.07, 6.45) is 7.20. The van der Waals surface area contributed by atoms with Gasteiger partial charge >= 0.3 is 5.97 Å². The van der Waals surface area contributed by atoms with Crippen molar-refractivity contribution in [1.82, 2.24) is 8.96 Å². The summed E-state index contributed by atoms with van der Waals surface area (Å²) in [5.74, 6) is -2.29. The molecular weight excluding hydrogens is 383 g/mol. The predicted molar refractivity (Wildman–Crippen MR) is 104 cm³/mol. The summed E-state index contributed by atoms with van der Waals surface area (Å²) in [4.78, 5) is 15.8.